The van der Waals surface area contributed by atoms with Gasteiger partial charge in [-0.3, -0.25) is 10.1 Å². The topological polar surface area (TPSA) is 64.2 Å². The Balaban J connectivity index is 2.30. The van der Waals surface area contributed by atoms with E-state index in [4.69, 9.17) is 0 Å². The van der Waals surface area contributed by atoms with E-state index in [1.165, 1.54) is 6.20 Å². The lowest BCUT2D eigenvalue weighted by molar-refractivity contribution is -0.384. The first-order chi connectivity index (χ1) is 8.18. The van der Waals surface area contributed by atoms with Gasteiger partial charge in [-0.15, -0.1) is 0 Å². The van der Waals surface area contributed by atoms with Crippen LogP contribution in [0.3, 0.4) is 0 Å². The summed E-state index contributed by atoms with van der Waals surface area (Å²) in [5.74, 6) is 0. The molecule has 0 fully saturated rings. The molecule has 0 spiro atoms. The summed E-state index contributed by atoms with van der Waals surface area (Å²) in [5, 5.41) is 15.0. The van der Waals surface area contributed by atoms with Crippen LogP contribution in [0.2, 0.25) is 0 Å². The Labute approximate surface area is 97.2 Å². The second-order valence-electron chi connectivity index (χ2n) is 3.99. The molecule has 0 aliphatic carbocycles. The first-order valence-electron chi connectivity index (χ1n) is 5.19. The molecule has 6 heteroatoms. The number of rotatable bonds is 1. The van der Waals surface area contributed by atoms with E-state index in [0.29, 0.717) is 12.4 Å². The summed E-state index contributed by atoms with van der Waals surface area (Å²) in [6.45, 7) is 0.528. The summed E-state index contributed by atoms with van der Waals surface area (Å²) in [5.41, 5.74) is 2.49. The standard InChI is InChI=1S/C11H10N4O2/c1-13-7-14-11(10(6-12-14)15(16)17)8-4-2-3-5-9(8)13/h2-6H,7H2,1H3. The zero-order valence-electron chi connectivity index (χ0n) is 9.20. The minimum Gasteiger partial charge on any atom is -0.355 e. The Bertz CT molecular complexity index is 605. The molecule has 0 radical (unpaired) electrons. The van der Waals surface area contributed by atoms with Crippen molar-refractivity contribution in [3.8, 4) is 11.3 Å². The van der Waals surface area contributed by atoms with Crippen LogP contribution in [-0.4, -0.2) is 21.8 Å². The smallest absolute Gasteiger partial charge is 0.315 e. The van der Waals surface area contributed by atoms with Crippen molar-refractivity contribution >= 4 is 11.4 Å². The van der Waals surface area contributed by atoms with Crippen LogP contribution >= 0.6 is 0 Å². The second-order valence-corrected chi connectivity index (χ2v) is 3.99. The average Bonchev–Trinajstić information content (AvgIpc) is 2.73. The Morgan fingerprint density at radius 1 is 1.41 bits per heavy atom. The predicted molar refractivity (Wildman–Crippen MR) is 62.7 cm³/mol. The van der Waals surface area contributed by atoms with E-state index in [9.17, 15) is 10.1 Å². The maximum Gasteiger partial charge on any atom is 0.315 e. The Kier molecular flexibility index (Phi) is 1.91. The quantitative estimate of drug-likeness (QED) is 0.554. The lowest BCUT2D eigenvalue weighted by atomic mass is 10.1. The number of hydrogen-bond acceptors (Lipinski definition) is 4. The minimum atomic E-state index is -0.388. The third-order valence-electron chi connectivity index (χ3n) is 2.93. The normalized spacial score (nSPS) is 13.1. The van der Waals surface area contributed by atoms with Gasteiger partial charge in [0.05, 0.1) is 4.92 Å². The predicted octanol–water partition coefficient (Wildman–Crippen LogP) is 1.87. The van der Waals surface area contributed by atoms with Crippen molar-refractivity contribution in [1.82, 2.24) is 9.78 Å². The van der Waals surface area contributed by atoms with Gasteiger partial charge in [0.2, 0.25) is 0 Å². The van der Waals surface area contributed by atoms with Gasteiger partial charge < -0.3 is 4.90 Å². The van der Waals surface area contributed by atoms with Crippen molar-refractivity contribution in [3.05, 3.63) is 40.6 Å². The van der Waals surface area contributed by atoms with Gasteiger partial charge in [-0.25, -0.2) is 4.68 Å². The van der Waals surface area contributed by atoms with Crippen molar-refractivity contribution in [2.24, 2.45) is 0 Å². The lowest BCUT2D eigenvalue weighted by Crippen LogP contribution is -2.27. The first-order valence-corrected chi connectivity index (χ1v) is 5.19. The number of anilines is 1. The van der Waals surface area contributed by atoms with Crippen LogP contribution in [0.25, 0.3) is 11.3 Å². The molecular formula is C11H10N4O2. The molecule has 1 aliphatic heterocycles. The van der Waals surface area contributed by atoms with Gasteiger partial charge in [-0.05, 0) is 6.07 Å². The summed E-state index contributed by atoms with van der Waals surface area (Å²) in [4.78, 5) is 12.6. The van der Waals surface area contributed by atoms with Crippen molar-refractivity contribution in [3.63, 3.8) is 0 Å². The van der Waals surface area contributed by atoms with Crippen LogP contribution < -0.4 is 4.90 Å². The summed E-state index contributed by atoms with van der Waals surface area (Å²) < 4.78 is 1.65. The summed E-state index contributed by atoms with van der Waals surface area (Å²) in [6.07, 6.45) is 1.31. The van der Waals surface area contributed by atoms with Crippen molar-refractivity contribution < 1.29 is 4.92 Å². The minimum absolute atomic E-state index is 0.0607. The van der Waals surface area contributed by atoms with E-state index in [0.717, 1.165) is 11.3 Å². The first kappa shape index (κ1) is 9.83. The van der Waals surface area contributed by atoms with E-state index in [-0.39, 0.29) is 10.6 Å². The molecule has 6 nitrogen and oxygen atoms in total. The molecule has 0 bridgehead atoms. The number of benzene rings is 1. The van der Waals surface area contributed by atoms with Crippen molar-refractivity contribution in [1.29, 1.82) is 0 Å². The fourth-order valence-electron chi connectivity index (χ4n) is 2.18. The molecule has 0 saturated carbocycles. The number of nitrogens with zero attached hydrogens (tertiary/aromatic N) is 4. The van der Waals surface area contributed by atoms with E-state index >= 15 is 0 Å². The average molecular weight is 230 g/mol. The highest BCUT2D eigenvalue weighted by atomic mass is 16.6. The van der Waals surface area contributed by atoms with Gasteiger partial charge in [0.25, 0.3) is 0 Å². The van der Waals surface area contributed by atoms with E-state index in [2.05, 4.69) is 5.10 Å². The number of hydrogen-bond donors (Lipinski definition) is 0. The van der Waals surface area contributed by atoms with E-state index in [1.54, 1.807) is 4.68 Å². The molecule has 17 heavy (non-hydrogen) atoms. The molecule has 0 unspecified atom stereocenters. The van der Waals surface area contributed by atoms with Crippen LogP contribution in [0.15, 0.2) is 30.5 Å². The lowest BCUT2D eigenvalue weighted by Gasteiger charge is -2.27. The number of fused-ring (bicyclic) bond motifs is 3. The van der Waals surface area contributed by atoms with Crippen LogP contribution in [0.5, 0.6) is 0 Å². The van der Waals surface area contributed by atoms with Gasteiger partial charge >= 0.3 is 5.69 Å². The van der Waals surface area contributed by atoms with Crippen LogP contribution in [0.4, 0.5) is 11.4 Å². The van der Waals surface area contributed by atoms with Crippen LogP contribution in [0.1, 0.15) is 0 Å². The molecule has 1 aromatic carbocycles. The molecule has 0 atom stereocenters. The van der Waals surface area contributed by atoms with Crippen molar-refractivity contribution in [2.75, 3.05) is 11.9 Å². The second kappa shape index (κ2) is 3.31. The Hall–Kier alpha value is -2.37. The summed E-state index contributed by atoms with van der Waals surface area (Å²) in [6, 6.07) is 7.63. The number of para-hydroxylation sites is 1. The third-order valence-corrected chi connectivity index (χ3v) is 2.93. The molecule has 1 aromatic heterocycles. The van der Waals surface area contributed by atoms with Crippen LogP contribution in [-0.2, 0) is 6.67 Å². The molecule has 3 rings (SSSR count). The fraction of sp³-hybridized carbons (Fsp3) is 0.182. The van der Waals surface area contributed by atoms with E-state index in [1.807, 2.05) is 36.2 Å². The molecular weight excluding hydrogens is 220 g/mol. The monoisotopic (exact) mass is 230 g/mol. The summed E-state index contributed by atoms with van der Waals surface area (Å²) in [7, 11) is 1.94. The molecule has 0 N–H and O–H groups in total. The highest BCUT2D eigenvalue weighted by molar-refractivity contribution is 5.83. The molecule has 2 heterocycles. The SMILES string of the molecule is CN1Cn2ncc([N+](=O)[O-])c2-c2ccccc21. The van der Waals surface area contributed by atoms with Gasteiger partial charge in [0.15, 0.2) is 5.69 Å². The summed E-state index contributed by atoms with van der Waals surface area (Å²) >= 11 is 0. The molecule has 2 aromatic rings. The highest BCUT2D eigenvalue weighted by Gasteiger charge is 2.28. The maximum absolute atomic E-state index is 11.0. The van der Waals surface area contributed by atoms with Gasteiger partial charge in [-0.1, -0.05) is 18.2 Å². The van der Waals surface area contributed by atoms with Gasteiger partial charge in [0.1, 0.15) is 12.9 Å². The third kappa shape index (κ3) is 1.30. The Morgan fingerprint density at radius 2 is 2.18 bits per heavy atom. The fourth-order valence-corrected chi connectivity index (χ4v) is 2.18. The Morgan fingerprint density at radius 3 is 2.94 bits per heavy atom. The largest absolute Gasteiger partial charge is 0.355 e. The van der Waals surface area contributed by atoms with E-state index < -0.39 is 0 Å². The zero-order chi connectivity index (χ0) is 12.0. The molecule has 0 amide bonds. The molecule has 86 valence electrons. The van der Waals surface area contributed by atoms with Crippen LogP contribution in [0, 0.1) is 10.1 Å². The highest BCUT2D eigenvalue weighted by Crippen LogP contribution is 2.39. The molecule has 0 saturated heterocycles. The zero-order valence-corrected chi connectivity index (χ0v) is 9.20. The van der Waals surface area contributed by atoms with Gasteiger partial charge in [0, 0.05) is 18.3 Å². The number of aromatic nitrogens is 2. The molecule has 1 aliphatic rings. The maximum atomic E-state index is 11.0. The number of nitro groups is 1. The van der Waals surface area contributed by atoms with Gasteiger partial charge in [-0.2, -0.15) is 5.10 Å². The van der Waals surface area contributed by atoms with Crippen molar-refractivity contribution in [2.45, 2.75) is 6.67 Å².